The first kappa shape index (κ1) is 11.2. The van der Waals surface area contributed by atoms with Crippen LogP contribution in [0.3, 0.4) is 0 Å². The number of hydrogen-bond acceptors (Lipinski definition) is 2. The van der Waals surface area contributed by atoms with E-state index in [0.717, 1.165) is 5.39 Å². The zero-order valence-corrected chi connectivity index (χ0v) is 8.83. The average molecular weight is 244 g/mol. The zero-order valence-electron chi connectivity index (χ0n) is 8.07. The van der Waals surface area contributed by atoms with E-state index in [1.165, 1.54) is 12.3 Å². The normalized spacial score (nSPS) is 14.0. The Bertz CT molecular complexity index is 507. The van der Waals surface area contributed by atoms with Crippen LogP contribution in [0.25, 0.3) is 10.8 Å². The van der Waals surface area contributed by atoms with Gasteiger partial charge in [-0.15, -0.1) is 0 Å². The Balaban J connectivity index is 2.61. The number of aromatic nitrogens is 1. The van der Waals surface area contributed by atoms with E-state index in [9.17, 15) is 13.9 Å². The topological polar surface area (TPSA) is 33.1 Å². The van der Waals surface area contributed by atoms with Gasteiger partial charge in [0.25, 0.3) is 0 Å². The van der Waals surface area contributed by atoms with Gasteiger partial charge in [0.2, 0.25) is 0 Å². The molecule has 2 aromatic rings. The lowest BCUT2D eigenvalue weighted by Gasteiger charge is -2.17. The van der Waals surface area contributed by atoms with Crippen molar-refractivity contribution in [1.29, 1.82) is 0 Å². The summed E-state index contributed by atoms with van der Waals surface area (Å²) in [5, 5.41) is 6.95. The highest BCUT2D eigenvalue weighted by Gasteiger charge is 2.37. The van der Waals surface area contributed by atoms with Gasteiger partial charge in [-0.05, 0) is 28.6 Å². The summed E-state index contributed by atoms with van der Waals surface area (Å²) < 4.78 is 25.6. The summed E-state index contributed by atoms with van der Waals surface area (Å²) in [6.07, 6.45) is 0.940. The van der Waals surface area contributed by atoms with E-state index >= 15 is 0 Å². The molecular formula is C11H8ClF2NO. The van der Waals surface area contributed by atoms with Gasteiger partial charge in [-0.2, -0.15) is 8.78 Å². The Morgan fingerprint density at radius 2 is 2.06 bits per heavy atom. The molecule has 0 bridgehead atoms. The van der Waals surface area contributed by atoms with Gasteiger partial charge in [0.05, 0.1) is 0 Å². The molecule has 2 nitrogen and oxygen atoms in total. The zero-order chi connectivity index (χ0) is 11.8. The summed E-state index contributed by atoms with van der Waals surface area (Å²) in [7, 11) is 0. The molecule has 1 aromatic heterocycles. The van der Waals surface area contributed by atoms with Gasteiger partial charge in [-0.3, -0.25) is 4.98 Å². The van der Waals surface area contributed by atoms with Crippen molar-refractivity contribution in [2.75, 3.05) is 0 Å². The number of fused-ring (bicyclic) bond motifs is 1. The van der Waals surface area contributed by atoms with Crippen LogP contribution in [0.4, 0.5) is 8.78 Å². The fraction of sp³-hybridized carbons (Fsp3) is 0.182. The third-order valence-electron chi connectivity index (χ3n) is 2.32. The van der Waals surface area contributed by atoms with Crippen molar-refractivity contribution >= 4 is 22.4 Å². The minimum atomic E-state index is -3.69. The van der Waals surface area contributed by atoms with Crippen LogP contribution in [0.1, 0.15) is 11.7 Å². The van der Waals surface area contributed by atoms with Crippen LogP contribution in [0.15, 0.2) is 36.7 Å². The number of benzene rings is 1. The molecule has 1 heterocycles. The van der Waals surface area contributed by atoms with E-state index in [1.807, 2.05) is 0 Å². The van der Waals surface area contributed by atoms with Crippen LogP contribution < -0.4 is 0 Å². The fourth-order valence-corrected chi connectivity index (χ4v) is 1.67. The van der Waals surface area contributed by atoms with Crippen molar-refractivity contribution in [2.45, 2.75) is 11.5 Å². The maximum absolute atomic E-state index is 12.8. The lowest BCUT2D eigenvalue weighted by atomic mass is 10.0. The fourth-order valence-electron chi connectivity index (χ4n) is 1.55. The van der Waals surface area contributed by atoms with Crippen LogP contribution in [-0.4, -0.2) is 15.5 Å². The molecule has 1 N–H and O–H groups in total. The summed E-state index contributed by atoms with van der Waals surface area (Å²) >= 11 is 4.81. The van der Waals surface area contributed by atoms with Crippen LogP contribution in [0, 0.1) is 0 Å². The number of halogens is 3. The first-order valence-corrected chi connectivity index (χ1v) is 4.95. The van der Waals surface area contributed by atoms with Gasteiger partial charge < -0.3 is 5.11 Å². The molecule has 0 aliphatic heterocycles. The highest BCUT2D eigenvalue weighted by Crippen LogP contribution is 2.37. The molecule has 5 heteroatoms. The number of nitrogens with zero attached hydrogens (tertiary/aromatic N) is 1. The molecule has 0 spiro atoms. The van der Waals surface area contributed by atoms with Crippen molar-refractivity contribution in [3.05, 3.63) is 42.2 Å². The van der Waals surface area contributed by atoms with E-state index in [2.05, 4.69) is 4.98 Å². The molecule has 1 aromatic carbocycles. The molecule has 0 saturated carbocycles. The molecule has 1 atom stereocenters. The van der Waals surface area contributed by atoms with Crippen LogP contribution >= 0.6 is 11.6 Å². The number of rotatable bonds is 2. The molecular weight excluding hydrogens is 236 g/mol. The van der Waals surface area contributed by atoms with E-state index < -0.39 is 11.5 Å². The summed E-state index contributed by atoms with van der Waals surface area (Å²) in [5.41, 5.74) is 0.0746. The second-order valence-electron chi connectivity index (χ2n) is 3.39. The van der Waals surface area contributed by atoms with Crippen LogP contribution in [0.2, 0.25) is 0 Å². The summed E-state index contributed by atoms with van der Waals surface area (Å²) in [4.78, 5) is 3.84. The Morgan fingerprint density at radius 1 is 1.31 bits per heavy atom. The minimum Gasteiger partial charge on any atom is -0.381 e. The summed E-state index contributed by atoms with van der Waals surface area (Å²) in [6, 6.07) is 6.42. The lowest BCUT2D eigenvalue weighted by molar-refractivity contribution is -0.0417. The SMILES string of the molecule is OC(c1cccc2ccncc12)C(F)(F)Cl. The first-order chi connectivity index (χ1) is 7.50. The molecule has 0 radical (unpaired) electrons. The second-order valence-corrected chi connectivity index (χ2v) is 3.89. The summed E-state index contributed by atoms with van der Waals surface area (Å²) in [6.45, 7) is 0. The Morgan fingerprint density at radius 3 is 2.75 bits per heavy atom. The molecule has 0 aliphatic rings. The van der Waals surface area contributed by atoms with Gasteiger partial charge in [0, 0.05) is 17.8 Å². The largest absolute Gasteiger partial charge is 0.381 e. The van der Waals surface area contributed by atoms with Gasteiger partial charge in [-0.25, -0.2) is 0 Å². The standard InChI is InChI=1S/C11H8ClF2NO/c12-11(13,14)10(16)8-3-1-2-7-4-5-15-6-9(7)8/h1-6,10,16H. The van der Waals surface area contributed by atoms with Crippen molar-refractivity contribution in [1.82, 2.24) is 4.98 Å². The molecule has 84 valence electrons. The summed E-state index contributed by atoms with van der Waals surface area (Å²) in [5.74, 6) is 0. The van der Waals surface area contributed by atoms with Crippen molar-refractivity contribution in [3.63, 3.8) is 0 Å². The Hall–Kier alpha value is -1.26. The van der Waals surface area contributed by atoms with E-state index in [0.29, 0.717) is 5.39 Å². The smallest absolute Gasteiger partial charge is 0.351 e. The molecule has 0 saturated heterocycles. The number of aliphatic hydroxyl groups excluding tert-OH is 1. The second kappa shape index (κ2) is 3.96. The predicted octanol–water partition coefficient (Wildman–Crippen LogP) is 3.10. The van der Waals surface area contributed by atoms with E-state index in [1.54, 1.807) is 24.4 Å². The number of alkyl halides is 3. The van der Waals surface area contributed by atoms with Crippen LogP contribution in [0.5, 0.6) is 0 Å². The quantitative estimate of drug-likeness (QED) is 0.823. The van der Waals surface area contributed by atoms with E-state index in [-0.39, 0.29) is 5.56 Å². The van der Waals surface area contributed by atoms with Crippen molar-refractivity contribution in [3.8, 4) is 0 Å². The Kier molecular flexibility index (Phi) is 2.78. The van der Waals surface area contributed by atoms with Crippen molar-refractivity contribution < 1.29 is 13.9 Å². The first-order valence-electron chi connectivity index (χ1n) is 4.57. The molecule has 0 fully saturated rings. The van der Waals surface area contributed by atoms with Gasteiger partial charge in [-0.1, -0.05) is 18.2 Å². The highest BCUT2D eigenvalue weighted by molar-refractivity contribution is 6.22. The van der Waals surface area contributed by atoms with Gasteiger partial charge >= 0.3 is 5.38 Å². The third kappa shape index (κ3) is 1.99. The molecule has 16 heavy (non-hydrogen) atoms. The van der Waals surface area contributed by atoms with E-state index in [4.69, 9.17) is 11.6 Å². The predicted molar refractivity (Wildman–Crippen MR) is 57.5 cm³/mol. The molecule has 0 aliphatic carbocycles. The maximum atomic E-state index is 12.8. The Labute approximate surface area is 95.5 Å². The molecule has 1 unspecified atom stereocenters. The monoisotopic (exact) mass is 243 g/mol. The van der Waals surface area contributed by atoms with Gasteiger partial charge in [0.15, 0.2) is 6.10 Å². The van der Waals surface area contributed by atoms with Crippen LogP contribution in [-0.2, 0) is 0 Å². The van der Waals surface area contributed by atoms with Crippen molar-refractivity contribution in [2.24, 2.45) is 0 Å². The minimum absolute atomic E-state index is 0.0746. The molecule has 0 amide bonds. The number of hydrogen-bond donors (Lipinski definition) is 1. The highest BCUT2D eigenvalue weighted by atomic mass is 35.5. The average Bonchev–Trinajstić information content (AvgIpc) is 2.26. The maximum Gasteiger partial charge on any atom is 0.351 e. The molecule has 2 rings (SSSR count). The number of aliphatic hydroxyl groups is 1. The third-order valence-corrected chi connectivity index (χ3v) is 2.53. The lowest BCUT2D eigenvalue weighted by Crippen LogP contribution is -2.19. The number of pyridine rings is 1. The van der Waals surface area contributed by atoms with Gasteiger partial charge in [0.1, 0.15) is 0 Å².